The number of amides is 2. The molecule has 26 heavy (non-hydrogen) atoms. The third kappa shape index (κ3) is 4.36. The molecule has 0 spiro atoms. The first kappa shape index (κ1) is 18.2. The summed E-state index contributed by atoms with van der Waals surface area (Å²) in [5.74, 6) is 3.14. The molecule has 0 saturated carbocycles. The molecule has 144 valence electrons. The average Bonchev–Trinajstić information content (AvgIpc) is 3.24. The number of hydrogen-bond acceptors (Lipinski definition) is 4. The van der Waals surface area contributed by atoms with E-state index in [0.29, 0.717) is 12.0 Å². The molecule has 3 fully saturated rings. The summed E-state index contributed by atoms with van der Waals surface area (Å²) in [6.45, 7) is 3.96. The summed E-state index contributed by atoms with van der Waals surface area (Å²) in [5.41, 5.74) is 1.21. The predicted octanol–water partition coefficient (Wildman–Crippen LogP) is 2.66. The van der Waals surface area contributed by atoms with E-state index in [4.69, 9.17) is 0 Å². The van der Waals surface area contributed by atoms with Crippen molar-refractivity contribution >= 4 is 17.8 Å². The van der Waals surface area contributed by atoms with Crippen molar-refractivity contribution in [3.63, 3.8) is 0 Å². The SMILES string of the molecule is O=C(NC1CCN(C2CCSCC2)CC1)N1CCC(c2ccn[nH]2)CC1. The van der Waals surface area contributed by atoms with Crippen molar-refractivity contribution in [1.29, 1.82) is 0 Å². The minimum absolute atomic E-state index is 0.139. The molecule has 0 atom stereocenters. The van der Waals surface area contributed by atoms with Crippen LogP contribution in [0.1, 0.15) is 50.1 Å². The maximum Gasteiger partial charge on any atom is 0.317 e. The summed E-state index contributed by atoms with van der Waals surface area (Å²) in [4.78, 5) is 17.3. The Hall–Kier alpha value is -1.21. The van der Waals surface area contributed by atoms with Gasteiger partial charge in [0.2, 0.25) is 0 Å². The quantitative estimate of drug-likeness (QED) is 0.850. The second-order valence-corrected chi connectivity index (χ2v) is 9.10. The topological polar surface area (TPSA) is 64.3 Å². The Balaban J connectivity index is 1.18. The number of piperidine rings is 2. The monoisotopic (exact) mass is 377 g/mol. The van der Waals surface area contributed by atoms with Crippen molar-refractivity contribution in [2.45, 2.75) is 56.5 Å². The molecule has 0 radical (unpaired) electrons. The third-order valence-corrected chi connectivity index (χ3v) is 7.36. The van der Waals surface area contributed by atoms with Crippen LogP contribution in [0.15, 0.2) is 12.3 Å². The summed E-state index contributed by atoms with van der Waals surface area (Å²) >= 11 is 2.09. The number of carbonyl (C=O) groups is 1. The van der Waals surface area contributed by atoms with Crippen molar-refractivity contribution in [2.24, 2.45) is 0 Å². The standard InChI is InChI=1S/C19H31N5OS/c25-19(24-9-2-15(3-10-24)18-1-8-20-22-18)21-16-4-11-23(12-5-16)17-6-13-26-14-7-17/h1,8,15-17H,2-7,9-14H2,(H,20,22)(H,21,25). The number of thioether (sulfide) groups is 1. The third-order valence-electron chi connectivity index (χ3n) is 6.31. The first-order valence-corrected chi connectivity index (χ1v) is 11.3. The van der Waals surface area contributed by atoms with Crippen LogP contribution in [0.3, 0.4) is 0 Å². The van der Waals surface area contributed by atoms with Gasteiger partial charge in [-0.15, -0.1) is 0 Å². The van der Waals surface area contributed by atoms with Crippen LogP contribution in [-0.2, 0) is 0 Å². The number of nitrogens with zero attached hydrogens (tertiary/aromatic N) is 3. The van der Waals surface area contributed by atoms with Gasteiger partial charge in [-0.05, 0) is 56.1 Å². The van der Waals surface area contributed by atoms with Gasteiger partial charge < -0.3 is 15.1 Å². The number of rotatable bonds is 3. The van der Waals surface area contributed by atoms with Crippen LogP contribution >= 0.6 is 11.8 Å². The Bertz CT molecular complexity index is 558. The second kappa shape index (κ2) is 8.65. The highest BCUT2D eigenvalue weighted by atomic mass is 32.2. The van der Waals surface area contributed by atoms with Gasteiger partial charge in [-0.1, -0.05) is 0 Å². The van der Waals surface area contributed by atoms with E-state index in [9.17, 15) is 4.79 Å². The maximum atomic E-state index is 12.6. The van der Waals surface area contributed by atoms with Gasteiger partial charge in [-0.25, -0.2) is 4.79 Å². The van der Waals surface area contributed by atoms with Crippen molar-refractivity contribution in [2.75, 3.05) is 37.7 Å². The van der Waals surface area contributed by atoms with Gasteiger partial charge in [0, 0.05) is 56.1 Å². The minimum atomic E-state index is 0.139. The van der Waals surface area contributed by atoms with E-state index >= 15 is 0 Å². The Labute approximate surface area is 160 Å². The largest absolute Gasteiger partial charge is 0.335 e. The van der Waals surface area contributed by atoms with Crippen LogP contribution in [-0.4, -0.2) is 75.8 Å². The van der Waals surface area contributed by atoms with Crippen LogP contribution in [0.2, 0.25) is 0 Å². The van der Waals surface area contributed by atoms with Gasteiger partial charge in [-0.2, -0.15) is 16.9 Å². The fourth-order valence-corrected chi connectivity index (χ4v) is 5.69. The lowest BCUT2D eigenvalue weighted by Crippen LogP contribution is -2.52. The van der Waals surface area contributed by atoms with Gasteiger partial charge in [0.1, 0.15) is 0 Å². The zero-order valence-corrected chi connectivity index (χ0v) is 16.3. The molecule has 3 aliphatic heterocycles. The van der Waals surface area contributed by atoms with Gasteiger partial charge in [0.25, 0.3) is 0 Å². The molecule has 0 bridgehead atoms. The lowest BCUT2D eigenvalue weighted by molar-refractivity contribution is 0.130. The molecule has 6 nitrogen and oxygen atoms in total. The highest BCUT2D eigenvalue weighted by molar-refractivity contribution is 7.99. The van der Waals surface area contributed by atoms with E-state index in [1.165, 1.54) is 30.0 Å². The molecule has 0 unspecified atom stereocenters. The lowest BCUT2D eigenvalue weighted by atomic mass is 9.94. The summed E-state index contributed by atoms with van der Waals surface area (Å²) < 4.78 is 0. The summed E-state index contributed by atoms with van der Waals surface area (Å²) in [7, 11) is 0. The molecule has 1 aromatic rings. The average molecular weight is 378 g/mol. The van der Waals surface area contributed by atoms with Crippen LogP contribution < -0.4 is 5.32 Å². The minimum Gasteiger partial charge on any atom is -0.335 e. The highest BCUT2D eigenvalue weighted by Gasteiger charge is 2.29. The van der Waals surface area contributed by atoms with Crippen LogP contribution in [0, 0.1) is 0 Å². The van der Waals surface area contributed by atoms with E-state index in [-0.39, 0.29) is 6.03 Å². The first-order valence-electron chi connectivity index (χ1n) is 10.2. The molecule has 0 aromatic carbocycles. The second-order valence-electron chi connectivity index (χ2n) is 7.88. The zero-order valence-electron chi connectivity index (χ0n) is 15.5. The van der Waals surface area contributed by atoms with Crippen molar-refractivity contribution in [3.8, 4) is 0 Å². The predicted molar refractivity (Wildman–Crippen MR) is 106 cm³/mol. The number of urea groups is 1. The summed E-state index contributed by atoms with van der Waals surface area (Å²) in [6.07, 6.45) is 8.73. The maximum absolute atomic E-state index is 12.6. The molecule has 7 heteroatoms. The molecular formula is C19H31N5OS. The molecule has 3 saturated heterocycles. The van der Waals surface area contributed by atoms with Crippen LogP contribution in [0.5, 0.6) is 0 Å². The van der Waals surface area contributed by atoms with E-state index in [0.717, 1.165) is 57.9 Å². The van der Waals surface area contributed by atoms with Gasteiger partial charge in [0.05, 0.1) is 0 Å². The number of nitrogens with one attached hydrogen (secondary N) is 2. The number of likely N-dealkylation sites (tertiary alicyclic amines) is 2. The molecule has 1 aromatic heterocycles. The van der Waals surface area contributed by atoms with E-state index < -0.39 is 0 Å². The molecule has 2 amide bonds. The van der Waals surface area contributed by atoms with Crippen molar-refractivity contribution < 1.29 is 4.79 Å². The fourth-order valence-electron chi connectivity index (χ4n) is 4.61. The van der Waals surface area contributed by atoms with E-state index in [2.05, 4.69) is 38.2 Å². The molecule has 3 aliphatic rings. The number of aromatic amines is 1. The molecule has 2 N–H and O–H groups in total. The first-order chi connectivity index (χ1) is 12.8. The Morgan fingerprint density at radius 3 is 2.46 bits per heavy atom. The van der Waals surface area contributed by atoms with E-state index in [1.54, 1.807) is 0 Å². The van der Waals surface area contributed by atoms with Crippen LogP contribution in [0.25, 0.3) is 0 Å². The highest BCUT2D eigenvalue weighted by Crippen LogP contribution is 2.27. The number of hydrogen-bond donors (Lipinski definition) is 2. The Morgan fingerprint density at radius 2 is 1.81 bits per heavy atom. The zero-order chi connectivity index (χ0) is 17.8. The lowest BCUT2D eigenvalue weighted by Gasteiger charge is -2.40. The molecule has 0 aliphatic carbocycles. The fraction of sp³-hybridized carbons (Fsp3) is 0.789. The number of H-pyrrole nitrogens is 1. The van der Waals surface area contributed by atoms with E-state index in [1.807, 2.05) is 11.1 Å². The molecule has 4 rings (SSSR count). The van der Waals surface area contributed by atoms with Crippen molar-refractivity contribution in [1.82, 2.24) is 25.3 Å². The Kier molecular flexibility index (Phi) is 6.05. The smallest absolute Gasteiger partial charge is 0.317 e. The molecule has 4 heterocycles. The summed E-state index contributed by atoms with van der Waals surface area (Å²) in [6, 6.07) is 3.33. The Morgan fingerprint density at radius 1 is 1.08 bits per heavy atom. The van der Waals surface area contributed by atoms with Crippen molar-refractivity contribution in [3.05, 3.63) is 18.0 Å². The normalized spacial score (nSPS) is 24.7. The molecular weight excluding hydrogens is 346 g/mol. The number of aromatic nitrogens is 2. The summed E-state index contributed by atoms with van der Waals surface area (Å²) in [5, 5.41) is 10.4. The number of carbonyl (C=O) groups excluding carboxylic acids is 1. The van der Waals surface area contributed by atoms with Gasteiger partial charge in [-0.3, -0.25) is 5.10 Å². The van der Waals surface area contributed by atoms with Crippen LogP contribution in [0.4, 0.5) is 4.79 Å². The van der Waals surface area contributed by atoms with Gasteiger partial charge >= 0.3 is 6.03 Å². The van der Waals surface area contributed by atoms with Gasteiger partial charge in [0.15, 0.2) is 0 Å².